The van der Waals surface area contributed by atoms with Gasteiger partial charge in [-0.05, 0) is 37.1 Å². The second-order valence-electron chi connectivity index (χ2n) is 7.06. The van der Waals surface area contributed by atoms with E-state index in [9.17, 15) is 23.3 Å². The Morgan fingerprint density at radius 1 is 1.25 bits per heavy atom. The Kier molecular flexibility index (Phi) is 7.85. The zero-order valence-corrected chi connectivity index (χ0v) is 18.1. The number of thioether (sulfide) groups is 1. The standard InChI is InChI=1S/C18H27N3O5S2/c1-4-28(25,26)20-10-8-19(9-11-20)18(22)15-5-6-17(16(13-15)21(23)24)27-12-7-14(2)3/h5-6,13-14H,4,7-12H2,1-3H3. The van der Waals surface area contributed by atoms with Gasteiger partial charge in [0, 0.05) is 37.8 Å². The lowest BCUT2D eigenvalue weighted by Gasteiger charge is -2.33. The van der Waals surface area contributed by atoms with Gasteiger partial charge in [-0.3, -0.25) is 14.9 Å². The van der Waals surface area contributed by atoms with Gasteiger partial charge in [-0.25, -0.2) is 8.42 Å². The maximum absolute atomic E-state index is 12.7. The molecule has 0 N–H and O–H groups in total. The number of carbonyl (C=O) groups is 1. The summed E-state index contributed by atoms with van der Waals surface area (Å²) in [5.41, 5.74) is 0.193. The molecule has 0 aliphatic carbocycles. The molecule has 1 aliphatic rings. The second kappa shape index (κ2) is 9.71. The summed E-state index contributed by atoms with van der Waals surface area (Å²) in [5, 5.41) is 11.5. The first-order chi connectivity index (χ1) is 13.2. The Morgan fingerprint density at radius 2 is 1.89 bits per heavy atom. The van der Waals surface area contributed by atoms with Crippen LogP contribution in [-0.2, 0) is 10.0 Å². The second-order valence-corrected chi connectivity index (χ2v) is 10.5. The lowest BCUT2D eigenvalue weighted by molar-refractivity contribution is -0.387. The fourth-order valence-corrected chi connectivity index (χ4v) is 5.19. The third kappa shape index (κ3) is 5.68. The molecule has 0 radical (unpaired) electrons. The van der Waals surface area contributed by atoms with Crippen molar-refractivity contribution in [3.05, 3.63) is 33.9 Å². The SMILES string of the molecule is CCS(=O)(=O)N1CCN(C(=O)c2ccc(SCCC(C)C)c([N+](=O)[O-])c2)CC1. The molecule has 0 atom stereocenters. The van der Waals surface area contributed by atoms with E-state index in [1.165, 1.54) is 22.1 Å². The Balaban J connectivity index is 2.09. The maximum atomic E-state index is 12.7. The van der Waals surface area contributed by atoms with Crippen LogP contribution >= 0.6 is 11.8 Å². The Hall–Kier alpha value is -1.65. The van der Waals surface area contributed by atoms with E-state index in [1.807, 2.05) is 0 Å². The average Bonchev–Trinajstić information content (AvgIpc) is 2.67. The molecule has 0 aromatic heterocycles. The van der Waals surface area contributed by atoms with Crippen molar-refractivity contribution in [1.29, 1.82) is 0 Å². The van der Waals surface area contributed by atoms with Gasteiger partial charge >= 0.3 is 0 Å². The van der Waals surface area contributed by atoms with E-state index in [-0.39, 0.29) is 49.1 Å². The number of nitro benzene ring substituents is 1. The van der Waals surface area contributed by atoms with Crippen molar-refractivity contribution in [2.45, 2.75) is 32.1 Å². The monoisotopic (exact) mass is 429 g/mol. The fourth-order valence-electron chi connectivity index (χ4n) is 2.85. The molecule has 156 valence electrons. The summed E-state index contributed by atoms with van der Waals surface area (Å²) in [7, 11) is -3.27. The van der Waals surface area contributed by atoms with Gasteiger partial charge < -0.3 is 4.90 Å². The Bertz CT molecular complexity index is 819. The normalized spacial score (nSPS) is 15.8. The summed E-state index contributed by atoms with van der Waals surface area (Å²) >= 11 is 1.43. The van der Waals surface area contributed by atoms with Crippen LogP contribution in [-0.4, -0.2) is 66.1 Å². The first-order valence-corrected chi connectivity index (χ1v) is 11.9. The van der Waals surface area contributed by atoms with Crippen LogP contribution in [0, 0.1) is 16.0 Å². The molecule has 0 unspecified atom stereocenters. The van der Waals surface area contributed by atoms with Gasteiger partial charge in [0.1, 0.15) is 0 Å². The van der Waals surface area contributed by atoms with Crippen LogP contribution in [0.25, 0.3) is 0 Å². The van der Waals surface area contributed by atoms with Crippen molar-refractivity contribution in [1.82, 2.24) is 9.21 Å². The summed E-state index contributed by atoms with van der Waals surface area (Å²) in [6, 6.07) is 4.57. The molecule has 0 saturated carbocycles. The van der Waals surface area contributed by atoms with Crippen LogP contribution in [0.3, 0.4) is 0 Å². The number of sulfonamides is 1. The minimum Gasteiger partial charge on any atom is -0.336 e. The molecule has 1 heterocycles. The number of nitro groups is 1. The first kappa shape index (κ1) is 22.6. The molecule has 28 heavy (non-hydrogen) atoms. The zero-order valence-electron chi connectivity index (χ0n) is 16.5. The molecule has 10 heteroatoms. The molecule has 1 amide bonds. The van der Waals surface area contributed by atoms with Gasteiger partial charge in [-0.15, -0.1) is 11.8 Å². The van der Waals surface area contributed by atoms with E-state index >= 15 is 0 Å². The highest BCUT2D eigenvalue weighted by Gasteiger charge is 2.29. The summed E-state index contributed by atoms with van der Waals surface area (Å²) in [6.45, 7) is 6.82. The van der Waals surface area contributed by atoms with Crippen LogP contribution in [0.1, 0.15) is 37.6 Å². The molecule has 2 rings (SSSR count). The molecule has 0 spiro atoms. The van der Waals surface area contributed by atoms with Crippen LogP contribution in [0.15, 0.2) is 23.1 Å². The lowest BCUT2D eigenvalue weighted by Crippen LogP contribution is -2.50. The van der Waals surface area contributed by atoms with Crippen LogP contribution in [0.5, 0.6) is 0 Å². The summed E-state index contributed by atoms with van der Waals surface area (Å²) in [5.74, 6) is 1.01. The van der Waals surface area contributed by atoms with Gasteiger partial charge in [0.2, 0.25) is 10.0 Å². The highest BCUT2D eigenvalue weighted by molar-refractivity contribution is 7.99. The van der Waals surface area contributed by atoms with Gasteiger partial charge in [0.25, 0.3) is 11.6 Å². The Morgan fingerprint density at radius 3 is 2.43 bits per heavy atom. The quantitative estimate of drug-likeness (QED) is 0.358. The van der Waals surface area contributed by atoms with E-state index in [0.717, 1.165) is 12.2 Å². The van der Waals surface area contributed by atoms with Crippen molar-refractivity contribution in [3.8, 4) is 0 Å². The molecular weight excluding hydrogens is 402 g/mol. The molecular formula is C18H27N3O5S2. The van der Waals surface area contributed by atoms with Crippen LogP contribution in [0.2, 0.25) is 0 Å². The molecule has 1 saturated heterocycles. The number of benzene rings is 1. The van der Waals surface area contributed by atoms with Gasteiger partial charge in [-0.2, -0.15) is 4.31 Å². The Labute approximate surface area is 170 Å². The van der Waals surface area contributed by atoms with Crippen molar-refractivity contribution >= 4 is 33.4 Å². The zero-order chi connectivity index (χ0) is 20.9. The van der Waals surface area contributed by atoms with E-state index < -0.39 is 14.9 Å². The van der Waals surface area contributed by atoms with E-state index in [1.54, 1.807) is 24.0 Å². The summed E-state index contributed by atoms with van der Waals surface area (Å²) < 4.78 is 25.2. The number of amides is 1. The van der Waals surface area contributed by atoms with Gasteiger partial charge in [-0.1, -0.05) is 13.8 Å². The van der Waals surface area contributed by atoms with E-state index in [4.69, 9.17) is 0 Å². The number of hydrogen-bond acceptors (Lipinski definition) is 6. The summed E-state index contributed by atoms with van der Waals surface area (Å²) in [6.07, 6.45) is 0.952. The van der Waals surface area contributed by atoms with Crippen molar-refractivity contribution in [2.75, 3.05) is 37.7 Å². The number of rotatable bonds is 8. The maximum Gasteiger partial charge on any atom is 0.283 e. The van der Waals surface area contributed by atoms with Gasteiger partial charge in [0.15, 0.2) is 0 Å². The molecule has 1 aliphatic heterocycles. The predicted octanol–water partition coefficient (Wildman–Crippen LogP) is 2.84. The van der Waals surface area contributed by atoms with Crippen molar-refractivity contribution in [2.24, 2.45) is 5.92 Å². The molecule has 1 aromatic rings. The minimum atomic E-state index is -3.27. The van der Waals surface area contributed by atoms with Crippen LogP contribution < -0.4 is 0 Å². The molecule has 1 aromatic carbocycles. The first-order valence-electron chi connectivity index (χ1n) is 9.34. The van der Waals surface area contributed by atoms with Crippen molar-refractivity contribution < 1.29 is 18.1 Å². The fraction of sp³-hybridized carbons (Fsp3) is 0.611. The number of carbonyl (C=O) groups excluding carboxylic acids is 1. The van der Waals surface area contributed by atoms with E-state index in [2.05, 4.69) is 13.8 Å². The molecule has 1 fully saturated rings. The molecule has 0 bridgehead atoms. The minimum absolute atomic E-state index is 0.0308. The summed E-state index contributed by atoms with van der Waals surface area (Å²) in [4.78, 5) is 25.8. The number of nitrogens with zero attached hydrogens (tertiary/aromatic N) is 3. The topological polar surface area (TPSA) is 101 Å². The largest absolute Gasteiger partial charge is 0.336 e. The highest BCUT2D eigenvalue weighted by Crippen LogP contribution is 2.31. The number of piperazine rings is 1. The number of hydrogen-bond donors (Lipinski definition) is 0. The average molecular weight is 430 g/mol. The smallest absolute Gasteiger partial charge is 0.283 e. The predicted molar refractivity (Wildman–Crippen MR) is 110 cm³/mol. The van der Waals surface area contributed by atoms with Crippen LogP contribution in [0.4, 0.5) is 5.69 Å². The van der Waals surface area contributed by atoms with Gasteiger partial charge in [0.05, 0.1) is 15.6 Å². The third-order valence-corrected chi connectivity index (χ3v) is 7.62. The molecule has 8 nitrogen and oxygen atoms in total. The lowest BCUT2D eigenvalue weighted by atomic mass is 10.1. The third-order valence-electron chi connectivity index (χ3n) is 4.64. The van der Waals surface area contributed by atoms with E-state index in [0.29, 0.717) is 10.8 Å². The highest BCUT2D eigenvalue weighted by atomic mass is 32.2. The van der Waals surface area contributed by atoms with Crippen molar-refractivity contribution in [3.63, 3.8) is 0 Å².